The second kappa shape index (κ2) is 12.3. The number of ether oxygens (including phenoxy) is 1. The maximum atomic E-state index is 14.5. The third-order valence-corrected chi connectivity index (χ3v) is 7.25. The first kappa shape index (κ1) is 29.9. The molecule has 0 unspecified atom stereocenters. The number of benzene rings is 2. The Morgan fingerprint density at radius 1 is 1.02 bits per heavy atom. The fourth-order valence-corrected chi connectivity index (χ4v) is 5.03. The summed E-state index contributed by atoms with van der Waals surface area (Å²) in [5.41, 5.74) is 0.993. The van der Waals surface area contributed by atoms with Crippen LogP contribution in [-0.4, -0.2) is 58.0 Å². The van der Waals surface area contributed by atoms with Gasteiger partial charge in [0.25, 0.3) is 5.91 Å². The number of likely N-dealkylation sites (tertiary alicyclic amines) is 1. The summed E-state index contributed by atoms with van der Waals surface area (Å²) >= 11 is 0. The van der Waals surface area contributed by atoms with Crippen LogP contribution < -0.4 is 16.0 Å². The molecule has 3 N–H and O–H groups in total. The largest absolute Gasteiger partial charge is 0.444 e. The molecular weight excluding hydrogens is 558 g/mol. The molecule has 226 valence electrons. The molecule has 2 aliphatic rings. The molecule has 43 heavy (non-hydrogen) atoms. The maximum Gasteiger partial charge on any atom is 0.410 e. The van der Waals surface area contributed by atoms with Crippen LogP contribution in [0.15, 0.2) is 42.5 Å². The molecular formula is C31H34F2N6O4. The summed E-state index contributed by atoms with van der Waals surface area (Å²) in [5.74, 6) is -1.88. The highest BCUT2D eigenvalue weighted by molar-refractivity contribution is 6.03. The van der Waals surface area contributed by atoms with Crippen LogP contribution in [0.25, 0.3) is 11.4 Å². The Morgan fingerprint density at radius 2 is 1.70 bits per heavy atom. The Hall–Kier alpha value is -4.61. The van der Waals surface area contributed by atoms with Gasteiger partial charge >= 0.3 is 6.09 Å². The second-order valence-electron chi connectivity index (χ2n) is 11.7. The molecule has 0 atom stereocenters. The number of carbonyl (C=O) groups is 3. The smallest absolute Gasteiger partial charge is 0.410 e. The Balaban J connectivity index is 1.17. The Bertz CT molecular complexity index is 1510. The van der Waals surface area contributed by atoms with E-state index in [9.17, 15) is 23.2 Å². The molecule has 0 saturated carbocycles. The fourth-order valence-electron chi connectivity index (χ4n) is 5.03. The normalized spacial score (nSPS) is 15.1. The van der Waals surface area contributed by atoms with Gasteiger partial charge in [0.1, 0.15) is 28.6 Å². The average molecular weight is 593 g/mol. The zero-order valence-electron chi connectivity index (χ0n) is 24.3. The van der Waals surface area contributed by atoms with Gasteiger partial charge in [-0.05, 0) is 69.4 Å². The number of fused-ring (bicyclic) bond motifs is 1. The molecule has 12 heteroatoms. The van der Waals surface area contributed by atoms with Crippen LogP contribution in [0.3, 0.4) is 0 Å². The van der Waals surface area contributed by atoms with Crippen molar-refractivity contribution in [1.82, 2.24) is 25.5 Å². The highest BCUT2D eigenvalue weighted by Gasteiger charge is 2.29. The third kappa shape index (κ3) is 7.25. The summed E-state index contributed by atoms with van der Waals surface area (Å²) in [4.78, 5) is 47.6. The minimum atomic E-state index is -0.808. The minimum absolute atomic E-state index is 0.114. The summed E-state index contributed by atoms with van der Waals surface area (Å²) in [5, 5.41) is 8.72. The van der Waals surface area contributed by atoms with Gasteiger partial charge in [0.05, 0.1) is 24.2 Å². The van der Waals surface area contributed by atoms with Crippen LogP contribution in [-0.2, 0) is 22.5 Å². The molecule has 3 heterocycles. The topological polar surface area (TPSA) is 126 Å². The van der Waals surface area contributed by atoms with Crippen molar-refractivity contribution in [3.63, 3.8) is 0 Å². The number of aromatic nitrogens is 2. The number of amides is 3. The molecule has 1 saturated heterocycles. The van der Waals surface area contributed by atoms with E-state index in [1.54, 1.807) is 29.2 Å². The van der Waals surface area contributed by atoms with Crippen molar-refractivity contribution in [2.24, 2.45) is 5.92 Å². The van der Waals surface area contributed by atoms with E-state index in [-0.39, 0.29) is 59.6 Å². The number of carbonyl (C=O) groups excluding carboxylic acids is 3. The fraction of sp³-hybridized carbons (Fsp3) is 0.387. The summed E-state index contributed by atoms with van der Waals surface area (Å²) in [6.07, 6.45) is 1.45. The number of nitrogens with zero attached hydrogens (tertiary/aromatic N) is 3. The Morgan fingerprint density at radius 3 is 2.35 bits per heavy atom. The number of halogens is 2. The number of hydrogen-bond donors (Lipinski definition) is 3. The first-order valence-corrected chi connectivity index (χ1v) is 14.2. The van der Waals surface area contributed by atoms with Crippen LogP contribution in [0.5, 0.6) is 0 Å². The molecule has 1 fully saturated rings. The lowest BCUT2D eigenvalue weighted by atomic mass is 9.97. The molecule has 0 spiro atoms. The van der Waals surface area contributed by atoms with Gasteiger partial charge in [0.2, 0.25) is 5.91 Å². The third-order valence-electron chi connectivity index (χ3n) is 7.25. The minimum Gasteiger partial charge on any atom is -0.444 e. The molecule has 0 radical (unpaired) electrons. The zero-order valence-corrected chi connectivity index (χ0v) is 24.3. The SMILES string of the molecule is CC(C)(C)OC(=O)N1CCC(CNC(=O)Cc2ccc(Nc3nc(-c4c(F)cccc4F)nc4c3C(=O)NC4)cc2)CC1. The molecule has 2 aromatic carbocycles. The average Bonchev–Trinajstić information content (AvgIpc) is 3.33. The monoisotopic (exact) mass is 592 g/mol. The van der Waals surface area contributed by atoms with E-state index in [1.165, 1.54) is 6.07 Å². The number of piperidine rings is 1. The van der Waals surface area contributed by atoms with Crippen molar-refractivity contribution in [2.45, 2.75) is 52.2 Å². The highest BCUT2D eigenvalue weighted by atomic mass is 19.1. The lowest BCUT2D eigenvalue weighted by Crippen LogP contribution is -2.43. The summed E-state index contributed by atoms with van der Waals surface area (Å²) in [6, 6.07) is 10.5. The molecule has 3 aromatic rings. The first-order valence-electron chi connectivity index (χ1n) is 14.2. The highest BCUT2D eigenvalue weighted by Crippen LogP contribution is 2.30. The lowest BCUT2D eigenvalue weighted by Gasteiger charge is -2.33. The zero-order chi connectivity index (χ0) is 30.7. The lowest BCUT2D eigenvalue weighted by molar-refractivity contribution is -0.120. The molecule has 2 aliphatic heterocycles. The predicted molar refractivity (Wildman–Crippen MR) is 156 cm³/mol. The van der Waals surface area contributed by atoms with Crippen molar-refractivity contribution in [2.75, 3.05) is 25.0 Å². The van der Waals surface area contributed by atoms with E-state index < -0.39 is 17.2 Å². The van der Waals surface area contributed by atoms with Gasteiger partial charge in [-0.1, -0.05) is 18.2 Å². The van der Waals surface area contributed by atoms with Crippen molar-refractivity contribution in [3.8, 4) is 11.4 Å². The molecule has 1 aromatic heterocycles. The van der Waals surface area contributed by atoms with Gasteiger partial charge in [0, 0.05) is 25.3 Å². The van der Waals surface area contributed by atoms with Crippen LogP contribution in [0.4, 0.5) is 25.1 Å². The van der Waals surface area contributed by atoms with E-state index in [2.05, 4.69) is 25.9 Å². The van der Waals surface area contributed by atoms with Gasteiger partial charge in [-0.2, -0.15) is 0 Å². The van der Waals surface area contributed by atoms with E-state index in [1.807, 2.05) is 20.8 Å². The predicted octanol–water partition coefficient (Wildman–Crippen LogP) is 4.71. The Kier molecular flexibility index (Phi) is 8.56. The summed E-state index contributed by atoms with van der Waals surface area (Å²) in [7, 11) is 0. The molecule has 5 rings (SSSR count). The molecule has 0 bridgehead atoms. The van der Waals surface area contributed by atoms with Gasteiger partial charge in [-0.25, -0.2) is 23.5 Å². The van der Waals surface area contributed by atoms with E-state index in [4.69, 9.17) is 4.74 Å². The quantitative estimate of drug-likeness (QED) is 0.363. The van der Waals surface area contributed by atoms with E-state index in [0.29, 0.717) is 31.0 Å². The van der Waals surface area contributed by atoms with Crippen molar-refractivity contribution < 1.29 is 27.9 Å². The van der Waals surface area contributed by atoms with Crippen molar-refractivity contribution >= 4 is 29.4 Å². The van der Waals surface area contributed by atoms with Crippen molar-refractivity contribution in [1.29, 1.82) is 0 Å². The van der Waals surface area contributed by atoms with Crippen LogP contribution in [0.1, 0.15) is 55.2 Å². The summed E-state index contributed by atoms with van der Waals surface area (Å²) in [6.45, 7) is 7.37. The summed E-state index contributed by atoms with van der Waals surface area (Å²) < 4.78 is 34.3. The number of rotatable bonds is 7. The van der Waals surface area contributed by atoms with Gasteiger partial charge < -0.3 is 25.6 Å². The number of hydrogen-bond acceptors (Lipinski definition) is 7. The Labute approximate surface area is 248 Å². The molecule has 10 nitrogen and oxygen atoms in total. The maximum absolute atomic E-state index is 14.5. The van der Waals surface area contributed by atoms with Crippen LogP contribution >= 0.6 is 0 Å². The second-order valence-corrected chi connectivity index (χ2v) is 11.7. The van der Waals surface area contributed by atoms with Crippen molar-refractivity contribution in [3.05, 3.63) is 70.9 Å². The number of anilines is 2. The number of nitrogens with one attached hydrogen (secondary N) is 3. The van der Waals surface area contributed by atoms with Gasteiger partial charge in [0.15, 0.2) is 5.82 Å². The first-order chi connectivity index (χ1) is 20.5. The van der Waals surface area contributed by atoms with E-state index in [0.717, 1.165) is 30.5 Å². The van der Waals surface area contributed by atoms with Gasteiger partial charge in [-0.3, -0.25) is 9.59 Å². The molecule has 3 amide bonds. The van der Waals surface area contributed by atoms with Crippen LogP contribution in [0, 0.1) is 17.6 Å². The van der Waals surface area contributed by atoms with E-state index >= 15 is 0 Å². The standard InChI is InChI=1S/C31H34F2N6O4/c1-31(2,3)43-30(42)39-13-11-19(12-14-39)16-34-24(40)15-18-7-9-20(10-8-18)36-28-26-23(17-35-29(26)41)37-27(38-28)25-21(32)5-4-6-22(25)33/h4-10,19H,11-17H2,1-3H3,(H,34,40)(H,35,41)(H,36,37,38). The molecule has 0 aliphatic carbocycles. The van der Waals surface area contributed by atoms with Crippen LogP contribution in [0.2, 0.25) is 0 Å². The van der Waals surface area contributed by atoms with Gasteiger partial charge in [-0.15, -0.1) is 0 Å².